The van der Waals surface area contributed by atoms with Gasteiger partial charge in [0.2, 0.25) is 0 Å². The highest BCUT2D eigenvalue weighted by molar-refractivity contribution is 9.10. The summed E-state index contributed by atoms with van der Waals surface area (Å²) >= 11 is 3.28. The van der Waals surface area contributed by atoms with Crippen molar-refractivity contribution in [2.24, 2.45) is 7.05 Å². The normalized spacial score (nSPS) is 10.3. The van der Waals surface area contributed by atoms with E-state index in [1.54, 1.807) is 12.4 Å². The average Bonchev–Trinajstić information content (AvgIpc) is 2.49. The van der Waals surface area contributed by atoms with E-state index < -0.39 is 0 Å². The molecule has 2 heterocycles. The second kappa shape index (κ2) is 3.26. The Morgan fingerprint density at radius 3 is 2.77 bits per heavy atom. The molecule has 2 rings (SSSR count). The molecule has 0 fully saturated rings. The van der Waals surface area contributed by atoms with Crippen molar-refractivity contribution in [3.63, 3.8) is 0 Å². The van der Waals surface area contributed by atoms with Gasteiger partial charge in [-0.05, 0) is 28.1 Å². The lowest BCUT2D eigenvalue weighted by Crippen LogP contribution is -1.92. The average molecular weight is 239 g/mol. The maximum atomic E-state index is 4.02. The maximum Gasteiger partial charge on any atom is 0.200 e. The van der Waals surface area contributed by atoms with Gasteiger partial charge in [-0.3, -0.25) is 4.98 Å². The topological polar surface area (TPSA) is 43.6 Å². The first kappa shape index (κ1) is 8.37. The molecule has 0 bridgehead atoms. The molecule has 5 heteroatoms. The number of pyridine rings is 1. The van der Waals surface area contributed by atoms with Gasteiger partial charge in [-0.25, -0.2) is 0 Å². The van der Waals surface area contributed by atoms with E-state index in [-0.39, 0.29) is 0 Å². The third-order valence-corrected chi connectivity index (χ3v) is 2.43. The van der Waals surface area contributed by atoms with Crippen LogP contribution in [0, 0.1) is 0 Å². The number of nitrogens with zero attached hydrogens (tertiary/aromatic N) is 4. The van der Waals surface area contributed by atoms with E-state index >= 15 is 0 Å². The number of aromatic nitrogens is 4. The zero-order valence-electron chi connectivity index (χ0n) is 6.98. The van der Waals surface area contributed by atoms with Crippen molar-refractivity contribution in [2.75, 3.05) is 0 Å². The summed E-state index contributed by atoms with van der Waals surface area (Å²) in [5.74, 6) is 0.806. The molecule has 0 N–H and O–H groups in total. The summed E-state index contributed by atoms with van der Waals surface area (Å²) in [6.07, 6.45) is 3.49. The molecule has 0 aliphatic rings. The number of hydrogen-bond donors (Lipinski definition) is 0. The van der Waals surface area contributed by atoms with E-state index in [9.17, 15) is 0 Å². The number of rotatable bonds is 1. The maximum absolute atomic E-state index is 4.02. The molecule has 0 saturated carbocycles. The first-order chi connectivity index (χ1) is 6.29. The molecule has 66 valence electrons. The highest BCUT2D eigenvalue weighted by atomic mass is 79.9. The van der Waals surface area contributed by atoms with Crippen LogP contribution in [0.2, 0.25) is 0 Å². The van der Waals surface area contributed by atoms with Crippen molar-refractivity contribution in [1.29, 1.82) is 0 Å². The number of hydrogen-bond acceptors (Lipinski definition) is 3. The molecule has 0 atom stereocenters. The molecule has 0 saturated heterocycles. The second-order valence-corrected chi connectivity index (χ2v) is 3.30. The van der Waals surface area contributed by atoms with Crippen molar-refractivity contribution in [2.45, 2.75) is 0 Å². The minimum atomic E-state index is 0.714. The fraction of sp³-hybridized carbons (Fsp3) is 0.125. The zero-order chi connectivity index (χ0) is 9.26. The molecule has 0 aliphatic carbocycles. The molecular formula is C8H7BrN4. The highest BCUT2D eigenvalue weighted by Gasteiger charge is 2.07. The summed E-state index contributed by atoms with van der Waals surface area (Å²) in [5, 5.41) is 7.91. The Balaban J connectivity index is 2.53. The predicted molar refractivity (Wildman–Crippen MR) is 51.9 cm³/mol. The third kappa shape index (κ3) is 1.47. The molecule has 0 unspecified atom stereocenters. The molecule has 4 nitrogen and oxygen atoms in total. The largest absolute Gasteiger partial charge is 0.305 e. The Morgan fingerprint density at radius 1 is 1.38 bits per heavy atom. The number of halogens is 1. The summed E-state index contributed by atoms with van der Waals surface area (Å²) < 4.78 is 2.57. The Morgan fingerprint density at radius 2 is 2.23 bits per heavy atom. The molecule has 0 aliphatic heterocycles. The molecule has 0 amide bonds. The monoisotopic (exact) mass is 238 g/mol. The Bertz CT molecular complexity index is 409. The van der Waals surface area contributed by atoms with Gasteiger partial charge in [0, 0.05) is 25.0 Å². The molecule has 0 radical (unpaired) electrons. The molecule has 2 aromatic rings. The summed E-state index contributed by atoms with van der Waals surface area (Å²) in [6, 6.07) is 3.82. The van der Waals surface area contributed by atoms with E-state index in [4.69, 9.17) is 0 Å². The van der Waals surface area contributed by atoms with Crippen LogP contribution in [0.15, 0.2) is 29.3 Å². The van der Waals surface area contributed by atoms with Gasteiger partial charge in [0.1, 0.15) is 0 Å². The fourth-order valence-corrected chi connectivity index (χ4v) is 1.30. The molecule has 0 aromatic carbocycles. The molecule has 2 aromatic heterocycles. The van der Waals surface area contributed by atoms with Crippen molar-refractivity contribution >= 4 is 15.9 Å². The van der Waals surface area contributed by atoms with Crippen molar-refractivity contribution < 1.29 is 0 Å². The lowest BCUT2D eigenvalue weighted by molar-refractivity contribution is 0.888. The van der Waals surface area contributed by atoms with Gasteiger partial charge in [0.15, 0.2) is 10.6 Å². The van der Waals surface area contributed by atoms with Crippen LogP contribution in [-0.2, 0) is 7.05 Å². The smallest absolute Gasteiger partial charge is 0.200 e. The van der Waals surface area contributed by atoms with Gasteiger partial charge in [-0.2, -0.15) is 0 Å². The van der Waals surface area contributed by atoms with Gasteiger partial charge < -0.3 is 4.57 Å². The third-order valence-electron chi connectivity index (χ3n) is 1.74. The van der Waals surface area contributed by atoms with E-state index in [0.717, 1.165) is 11.4 Å². The van der Waals surface area contributed by atoms with E-state index in [1.807, 2.05) is 23.7 Å². The first-order valence-corrected chi connectivity index (χ1v) is 4.53. The highest BCUT2D eigenvalue weighted by Crippen LogP contribution is 2.17. The van der Waals surface area contributed by atoms with Gasteiger partial charge in [-0.15, -0.1) is 10.2 Å². The van der Waals surface area contributed by atoms with Crippen LogP contribution < -0.4 is 0 Å². The van der Waals surface area contributed by atoms with E-state index in [0.29, 0.717) is 4.73 Å². The van der Waals surface area contributed by atoms with Crippen LogP contribution in [-0.4, -0.2) is 19.7 Å². The predicted octanol–water partition coefficient (Wildman–Crippen LogP) is 1.64. The van der Waals surface area contributed by atoms with Gasteiger partial charge in [0.25, 0.3) is 0 Å². The SMILES string of the molecule is Cn1c(Br)nnc1-c1cccnc1. The Labute approximate surface area is 83.8 Å². The van der Waals surface area contributed by atoms with Crippen molar-refractivity contribution in [3.05, 3.63) is 29.3 Å². The Hall–Kier alpha value is -1.23. The first-order valence-electron chi connectivity index (χ1n) is 3.74. The van der Waals surface area contributed by atoms with Crippen LogP contribution in [0.25, 0.3) is 11.4 Å². The van der Waals surface area contributed by atoms with Crippen LogP contribution in [0.4, 0.5) is 0 Å². The molecule has 0 spiro atoms. The fourth-order valence-electron chi connectivity index (χ4n) is 1.06. The van der Waals surface area contributed by atoms with Crippen LogP contribution in [0.5, 0.6) is 0 Å². The quantitative estimate of drug-likeness (QED) is 0.759. The standard InChI is InChI=1S/C8H7BrN4/c1-13-7(11-12-8(13)9)6-3-2-4-10-5-6/h2-5H,1H3. The van der Waals surface area contributed by atoms with E-state index in [1.165, 1.54) is 0 Å². The van der Waals surface area contributed by atoms with Gasteiger partial charge in [-0.1, -0.05) is 0 Å². The minimum Gasteiger partial charge on any atom is -0.305 e. The summed E-state index contributed by atoms with van der Waals surface area (Å²) in [4.78, 5) is 4.02. The van der Waals surface area contributed by atoms with Crippen molar-refractivity contribution in [1.82, 2.24) is 19.7 Å². The lowest BCUT2D eigenvalue weighted by Gasteiger charge is -1.98. The molecular weight excluding hydrogens is 232 g/mol. The summed E-state index contributed by atoms with van der Waals surface area (Å²) in [7, 11) is 1.90. The van der Waals surface area contributed by atoms with Gasteiger partial charge in [0.05, 0.1) is 0 Å². The van der Waals surface area contributed by atoms with E-state index in [2.05, 4.69) is 31.1 Å². The molecule has 13 heavy (non-hydrogen) atoms. The lowest BCUT2D eigenvalue weighted by atomic mass is 10.3. The van der Waals surface area contributed by atoms with Crippen LogP contribution >= 0.6 is 15.9 Å². The summed E-state index contributed by atoms with van der Waals surface area (Å²) in [6.45, 7) is 0. The van der Waals surface area contributed by atoms with Crippen LogP contribution in [0.3, 0.4) is 0 Å². The van der Waals surface area contributed by atoms with Crippen molar-refractivity contribution in [3.8, 4) is 11.4 Å². The minimum absolute atomic E-state index is 0.714. The van der Waals surface area contributed by atoms with Crippen LogP contribution in [0.1, 0.15) is 0 Å². The summed E-state index contributed by atoms with van der Waals surface area (Å²) in [5.41, 5.74) is 0.961. The second-order valence-electron chi connectivity index (χ2n) is 2.59. The Kier molecular flexibility index (Phi) is 2.10. The zero-order valence-corrected chi connectivity index (χ0v) is 8.56. The van der Waals surface area contributed by atoms with Gasteiger partial charge >= 0.3 is 0 Å².